The minimum absolute atomic E-state index is 0.0172. The van der Waals surface area contributed by atoms with Crippen molar-refractivity contribution in [2.24, 2.45) is 0 Å². The molecule has 0 saturated carbocycles. The normalized spacial score (nSPS) is 16.7. The number of carbonyl (C=O) groups excluding carboxylic acids is 2. The van der Waals surface area contributed by atoms with Crippen molar-refractivity contribution in [3.8, 4) is 17.2 Å². The first-order valence-electron chi connectivity index (χ1n) is 11.3. The third-order valence-corrected chi connectivity index (χ3v) is 6.78. The molecule has 1 amide bonds. The number of nitrogens with zero attached hydrogens (tertiary/aromatic N) is 1. The zero-order chi connectivity index (χ0) is 27.0. The van der Waals surface area contributed by atoms with Crippen LogP contribution in [0.2, 0.25) is 10.0 Å². The highest BCUT2D eigenvalue weighted by atomic mass is 35.5. The number of hydrogen-bond donors (Lipinski definition) is 1. The van der Waals surface area contributed by atoms with Gasteiger partial charge in [0.05, 0.1) is 43.5 Å². The second-order valence-corrected chi connectivity index (χ2v) is 9.36. The number of aryl methyl sites for hydroxylation is 2. The van der Waals surface area contributed by atoms with Gasteiger partial charge >= 0.3 is 0 Å². The van der Waals surface area contributed by atoms with Crippen LogP contribution in [0, 0.1) is 13.8 Å². The molecule has 7 nitrogen and oxygen atoms in total. The molecule has 1 atom stereocenters. The van der Waals surface area contributed by atoms with E-state index in [0.717, 1.165) is 11.1 Å². The third-order valence-electron chi connectivity index (χ3n) is 6.16. The summed E-state index contributed by atoms with van der Waals surface area (Å²) in [5.41, 5.74) is 2.87. The van der Waals surface area contributed by atoms with Crippen molar-refractivity contribution in [2.45, 2.75) is 19.9 Å². The predicted molar refractivity (Wildman–Crippen MR) is 143 cm³/mol. The second kappa shape index (κ2) is 10.4. The highest BCUT2D eigenvalue weighted by molar-refractivity contribution is 6.52. The van der Waals surface area contributed by atoms with Crippen LogP contribution in [-0.2, 0) is 9.59 Å². The molecule has 1 N–H and O–H groups in total. The van der Waals surface area contributed by atoms with Crippen molar-refractivity contribution in [1.82, 2.24) is 0 Å². The van der Waals surface area contributed by atoms with E-state index in [2.05, 4.69) is 0 Å². The van der Waals surface area contributed by atoms with Gasteiger partial charge in [-0.05, 0) is 60.9 Å². The van der Waals surface area contributed by atoms with Gasteiger partial charge in [-0.15, -0.1) is 0 Å². The molecule has 0 aromatic heterocycles. The first-order valence-corrected chi connectivity index (χ1v) is 12.0. The molecule has 3 aromatic carbocycles. The summed E-state index contributed by atoms with van der Waals surface area (Å²) in [6.45, 7) is 3.81. The molecule has 0 aliphatic carbocycles. The summed E-state index contributed by atoms with van der Waals surface area (Å²) in [6.07, 6.45) is 0. The highest BCUT2D eigenvalue weighted by Crippen LogP contribution is 2.48. The van der Waals surface area contributed by atoms with Crippen LogP contribution >= 0.6 is 23.2 Å². The summed E-state index contributed by atoms with van der Waals surface area (Å²) in [7, 11) is 4.30. The number of rotatable bonds is 6. The van der Waals surface area contributed by atoms with E-state index in [1.54, 1.807) is 31.4 Å². The standard InChI is InChI=1S/C28H25Cl2NO6/c1-14-10-15(2)12-17(11-14)31-23(16-6-8-18(35-3)9-7-16)21(25(33)28(31)34)24(32)19-13-20(29)27(37-5)22(30)26(19)36-4/h6-13,23,32H,1-5H3/b24-21+. The fourth-order valence-corrected chi connectivity index (χ4v) is 5.27. The van der Waals surface area contributed by atoms with E-state index in [-0.39, 0.29) is 32.7 Å². The van der Waals surface area contributed by atoms with Gasteiger partial charge in [0.15, 0.2) is 11.5 Å². The topological polar surface area (TPSA) is 85.3 Å². The summed E-state index contributed by atoms with van der Waals surface area (Å²) in [5, 5.41) is 11.7. The quantitative estimate of drug-likeness (QED) is 0.225. The number of ether oxygens (including phenoxy) is 3. The maximum Gasteiger partial charge on any atom is 0.300 e. The number of ketones is 1. The average Bonchev–Trinajstić information content (AvgIpc) is 3.13. The summed E-state index contributed by atoms with van der Waals surface area (Å²) >= 11 is 12.8. The number of benzene rings is 3. The molecule has 1 aliphatic rings. The highest BCUT2D eigenvalue weighted by Gasteiger charge is 2.47. The number of methoxy groups -OCH3 is 3. The lowest BCUT2D eigenvalue weighted by Gasteiger charge is -2.26. The Morgan fingerprint density at radius 3 is 2.00 bits per heavy atom. The van der Waals surface area contributed by atoms with Gasteiger partial charge in [-0.1, -0.05) is 41.4 Å². The van der Waals surface area contributed by atoms with E-state index < -0.39 is 23.5 Å². The van der Waals surface area contributed by atoms with Crippen LogP contribution in [0.15, 0.2) is 54.1 Å². The van der Waals surface area contributed by atoms with Gasteiger partial charge in [0.2, 0.25) is 0 Å². The van der Waals surface area contributed by atoms with Crippen LogP contribution in [0.3, 0.4) is 0 Å². The van der Waals surface area contributed by atoms with E-state index in [0.29, 0.717) is 17.0 Å². The first kappa shape index (κ1) is 26.4. The van der Waals surface area contributed by atoms with E-state index in [1.165, 1.54) is 25.2 Å². The van der Waals surface area contributed by atoms with Crippen molar-refractivity contribution in [3.63, 3.8) is 0 Å². The first-order chi connectivity index (χ1) is 17.6. The van der Waals surface area contributed by atoms with Gasteiger partial charge in [-0.25, -0.2) is 0 Å². The molecule has 4 rings (SSSR count). The molecule has 1 heterocycles. The van der Waals surface area contributed by atoms with Crippen LogP contribution < -0.4 is 19.1 Å². The lowest BCUT2D eigenvalue weighted by molar-refractivity contribution is -0.132. The van der Waals surface area contributed by atoms with Crippen LogP contribution in [0.4, 0.5) is 5.69 Å². The lowest BCUT2D eigenvalue weighted by atomic mass is 9.94. The molecule has 1 saturated heterocycles. The van der Waals surface area contributed by atoms with Crippen molar-refractivity contribution < 1.29 is 28.9 Å². The molecule has 1 fully saturated rings. The van der Waals surface area contributed by atoms with Gasteiger partial charge in [0.25, 0.3) is 11.7 Å². The SMILES string of the molecule is COc1ccc(C2/C(=C(\O)c3cc(Cl)c(OC)c(Cl)c3OC)C(=O)C(=O)N2c2cc(C)cc(C)c2)cc1. The van der Waals surface area contributed by atoms with Crippen LogP contribution in [0.5, 0.6) is 17.2 Å². The molecule has 0 radical (unpaired) electrons. The van der Waals surface area contributed by atoms with Gasteiger partial charge in [0.1, 0.15) is 16.5 Å². The minimum Gasteiger partial charge on any atom is -0.507 e. The van der Waals surface area contributed by atoms with Crippen molar-refractivity contribution in [1.29, 1.82) is 0 Å². The molecule has 0 bridgehead atoms. The number of amides is 1. The smallest absolute Gasteiger partial charge is 0.300 e. The van der Waals surface area contributed by atoms with Crippen LogP contribution in [0.1, 0.15) is 28.3 Å². The van der Waals surface area contributed by atoms with Crippen molar-refractivity contribution in [3.05, 3.63) is 86.4 Å². The number of carbonyl (C=O) groups is 2. The number of aliphatic hydroxyl groups is 1. The maximum absolute atomic E-state index is 13.5. The summed E-state index contributed by atoms with van der Waals surface area (Å²) in [5.74, 6) is -1.32. The zero-order valence-corrected chi connectivity index (χ0v) is 22.4. The van der Waals surface area contributed by atoms with E-state index >= 15 is 0 Å². The van der Waals surface area contributed by atoms with Crippen molar-refractivity contribution in [2.75, 3.05) is 26.2 Å². The number of halogens is 2. The fourth-order valence-electron chi connectivity index (χ4n) is 4.58. The van der Waals surface area contributed by atoms with Crippen LogP contribution in [-0.4, -0.2) is 38.1 Å². The Morgan fingerprint density at radius 2 is 1.46 bits per heavy atom. The van der Waals surface area contributed by atoms with Gasteiger partial charge in [-0.3, -0.25) is 14.5 Å². The molecule has 1 unspecified atom stereocenters. The Morgan fingerprint density at radius 1 is 0.865 bits per heavy atom. The van der Waals surface area contributed by atoms with Gasteiger partial charge in [0, 0.05) is 5.69 Å². The number of Topliss-reactive ketones (excluding diaryl/α,β-unsaturated/α-hetero) is 1. The number of anilines is 1. The Labute approximate surface area is 224 Å². The molecule has 192 valence electrons. The zero-order valence-electron chi connectivity index (χ0n) is 20.9. The Kier molecular flexibility index (Phi) is 7.39. The predicted octanol–water partition coefficient (Wildman–Crippen LogP) is 6.26. The summed E-state index contributed by atoms with van der Waals surface area (Å²) < 4.78 is 16.0. The van der Waals surface area contributed by atoms with E-state index in [1.807, 2.05) is 32.0 Å². The molecule has 3 aromatic rings. The summed E-state index contributed by atoms with van der Waals surface area (Å²) in [6, 6.07) is 13.0. The minimum atomic E-state index is -0.948. The van der Waals surface area contributed by atoms with E-state index in [9.17, 15) is 14.7 Å². The third kappa shape index (κ3) is 4.61. The molecular formula is C28H25Cl2NO6. The van der Waals surface area contributed by atoms with Gasteiger partial charge in [-0.2, -0.15) is 0 Å². The summed E-state index contributed by atoms with van der Waals surface area (Å²) in [4.78, 5) is 28.4. The Hall–Kier alpha value is -3.68. The van der Waals surface area contributed by atoms with Gasteiger partial charge < -0.3 is 19.3 Å². The molecule has 1 aliphatic heterocycles. The Balaban J connectivity index is 2.02. The molecule has 9 heteroatoms. The lowest BCUT2D eigenvalue weighted by Crippen LogP contribution is -2.29. The monoisotopic (exact) mass is 541 g/mol. The number of hydrogen-bond acceptors (Lipinski definition) is 6. The second-order valence-electron chi connectivity index (χ2n) is 8.57. The van der Waals surface area contributed by atoms with E-state index in [4.69, 9.17) is 37.4 Å². The molecular weight excluding hydrogens is 517 g/mol. The number of aliphatic hydroxyl groups excluding tert-OH is 1. The average molecular weight is 542 g/mol. The van der Waals surface area contributed by atoms with Crippen LogP contribution in [0.25, 0.3) is 5.76 Å². The fraction of sp³-hybridized carbons (Fsp3) is 0.214. The Bertz CT molecular complexity index is 1410. The van der Waals surface area contributed by atoms with Crippen molar-refractivity contribution >= 4 is 46.3 Å². The maximum atomic E-state index is 13.5. The largest absolute Gasteiger partial charge is 0.507 e. The molecule has 37 heavy (non-hydrogen) atoms. The molecule has 0 spiro atoms.